The molecule has 19 heavy (non-hydrogen) atoms. The fourth-order valence-corrected chi connectivity index (χ4v) is 2.61. The monoisotopic (exact) mass is 273 g/mol. The van der Waals surface area contributed by atoms with Crippen molar-refractivity contribution in [2.75, 3.05) is 26.9 Å². The van der Waals surface area contributed by atoms with Crippen LogP contribution < -0.4 is 5.32 Å². The summed E-state index contributed by atoms with van der Waals surface area (Å²) < 4.78 is 15.9. The van der Waals surface area contributed by atoms with E-state index in [1.54, 1.807) is 7.11 Å². The Kier molecular flexibility index (Phi) is 5.57. The highest BCUT2D eigenvalue weighted by atomic mass is 16.5. The second kappa shape index (κ2) is 7.19. The van der Waals surface area contributed by atoms with Crippen LogP contribution in [0.3, 0.4) is 0 Å². The molecule has 0 aliphatic carbocycles. The topological polar surface area (TPSA) is 77.0 Å². The number of ether oxygens (including phenoxy) is 3. The third-order valence-corrected chi connectivity index (χ3v) is 3.72. The van der Waals surface area contributed by atoms with Gasteiger partial charge in [0, 0.05) is 26.7 Å². The quantitative estimate of drug-likeness (QED) is 0.703. The van der Waals surface area contributed by atoms with Crippen LogP contribution in [0.2, 0.25) is 0 Å². The minimum atomic E-state index is -0.427. The Bertz CT molecular complexity index is 299. The van der Waals surface area contributed by atoms with E-state index in [-0.39, 0.29) is 24.2 Å². The van der Waals surface area contributed by atoms with Crippen molar-refractivity contribution in [1.82, 2.24) is 5.32 Å². The lowest BCUT2D eigenvalue weighted by Gasteiger charge is -2.20. The number of rotatable bonds is 6. The first-order valence-electron chi connectivity index (χ1n) is 6.90. The number of aliphatic hydroxyl groups excluding tert-OH is 1. The number of carbonyl (C=O) groups is 1. The number of aliphatic hydroxyl groups is 1. The lowest BCUT2D eigenvalue weighted by atomic mass is 10.1. The van der Waals surface area contributed by atoms with Gasteiger partial charge in [-0.2, -0.15) is 0 Å². The minimum Gasteiger partial charge on any atom is -0.390 e. The highest BCUT2D eigenvalue weighted by Crippen LogP contribution is 2.18. The van der Waals surface area contributed by atoms with Crippen LogP contribution in [0.25, 0.3) is 0 Å². The molecule has 6 heteroatoms. The smallest absolute Gasteiger partial charge is 0.220 e. The summed E-state index contributed by atoms with van der Waals surface area (Å²) in [5.74, 6) is -0.0145. The van der Waals surface area contributed by atoms with E-state index in [0.717, 1.165) is 6.42 Å². The largest absolute Gasteiger partial charge is 0.390 e. The van der Waals surface area contributed by atoms with Crippen molar-refractivity contribution in [3.05, 3.63) is 0 Å². The maximum Gasteiger partial charge on any atom is 0.220 e. The molecule has 2 N–H and O–H groups in total. The van der Waals surface area contributed by atoms with Crippen molar-refractivity contribution >= 4 is 5.91 Å². The van der Waals surface area contributed by atoms with Crippen LogP contribution in [0.1, 0.15) is 25.7 Å². The maximum absolute atomic E-state index is 11.9. The average molecular weight is 273 g/mol. The van der Waals surface area contributed by atoms with Gasteiger partial charge in [0.05, 0.1) is 24.9 Å². The van der Waals surface area contributed by atoms with E-state index in [1.165, 1.54) is 0 Å². The minimum absolute atomic E-state index is 0.0145. The Balaban J connectivity index is 1.68. The molecule has 0 aromatic heterocycles. The third kappa shape index (κ3) is 4.14. The molecule has 0 aromatic rings. The Morgan fingerprint density at radius 3 is 2.74 bits per heavy atom. The molecule has 0 spiro atoms. The summed E-state index contributed by atoms with van der Waals surface area (Å²) in [6, 6.07) is 0.0295. The van der Waals surface area contributed by atoms with Crippen LogP contribution in [0.15, 0.2) is 0 Å². The fourth-order valence-electron chi connectivity index (χ4n) is 2.61. The molecular formula is C13H23NO5. The standard InChI is InChI=1S/C13H23NO5/c1-17-8-12-9(4-6-19-12)14-13(16)3-2-11-10(15)5-7-18-11/h9-12,15H,2-8H2,1H3,(H,14,16)/t9?,10-,11-,12-/m1/s1. The molecule has 2 saturated heterocycles. The number of amides is 1. The van der Waals surface area contributed by atoms with Gasteiger partial charge in [-0.25, -0.2) is 0 Å². The second-order valence-electron chi connectivity index (χ2n) is 5.13. The van der Waals surface area contributed by atoms with Crippen LogP contribution in [0.4, 0.5) is 0 Å². The first-order chi connectivity index (χ1) is 9.20. The zero-order valence-electron chi connectivity index (χ0n) is 11.3. The summed E-state index contributed by atoms with van der Waals surface area (Å²) in [5.41, 5.74) is 0. The van der Waals surface area contributed by atoms with Crippen molar-refractivity contribution in [1.29, 1.82) is 0 Å². The summed E-state index contributed by atoms with van der Waals surface area (Å²) in [4.78, 5) is 11.9. The predicted octanol–water partition coefficient (Wildman–Crippen LogP) is -0.163. The third-order valence-electron chi connectivity index (χ3n) is 3.72. The number of methoxy groups -OCH3 is 1. The van der Waals surface area contributed by atoms with E-state index in [4.69, 9.17) is 14.2 Å². The van der Waals surface area contributed by atoms with Crippen molar-refractivity contribution < 1.29 is 24.1 Å². The summed E-state index contributed by atoms with van der Waals surface area (Å²) in [6.07, 6.45) is 1.75. The first kappa shape index (κ1) is 14.7. The van der Waals surface area contributed by atoms with E-state index >= 15 is 0 Å². The van der Waals surface area contributed by atoms with Gasteiger partial charge >= 0.3 is 0 Å². The van der Waals surface area contributed by atoms with Gasteiger partial charge in [0.15, 0.2) is 0 Å². The van der Waals surface area contributed by atoms with Crippen molar-refractivity contribution in [3.8, 4) is 0 Å². The molecule has 0 radical (unpaired) electrons. The normalized spacial score (nSPS) is 34.6. The molecule has 1 unspecified atom stereocenters. The molecule has 2 aliphatic rings. The fraction of sp³-hybridized carbons (Fsp3) is 0.923. The highest BCUT2D eigenvalue weighted by molar-refractivity contribution is 5.76. The van der Waals surface area contributed by atoms with E-state index in [0.29, 0.717) is 39.1 Å². The van der Waals surface area contributed by atoms with Gasteiger partial charge in [-0.15, -0.1) is 0 Å². The van der Waals surface area contributed by atoms with E-state index in [2.05, 4.69) is 5.32 Å². The lowest BCUT2D eigenvalue weighted by Crippen LogP contribution is -2.42. The van der Waals surface area contributed by atoms with Crippen LogP contribution in [0, 0.1) is 0 Å². The summed E-state index contributed by atoms with van der Waals surface area (Å²) in [5, 5.41) is 12.6. The number of hydrogen-bond donors (Lipinski definition) is 2. The number of hydrogen-bond acceptors (Lipinski definition) is 5. The Labute approximate surface area is 113 Å². The van der Waals surface area contributed by atoms with Crippen molar-refractivity contribution in [2.24, 2.45) is 0 Å². The summed E-state index contributed by atoms with van der Waals surface area (Å²) in [6.45, 7) is 1.73. The molecule has 2 heterocycles. The average Bonchev–Trinajstić information content (AvgIpc) is 2.97. The van der Waals surface area contributed by atoms with Crippen LogP contribution in [-0.2, 0) is 19.0 Å². The predicted molar refractivity (Wildman–Crippen MR) is 67.8 cm³/mol. The summed E-state index contributed by atoms with van der Waals surface area (Å²) >= 11 is 0. The number of nitrogens with one attached hydrogen (secondary N) is 1. The van der Waals surface area contributed by atoms with Crippen LogP contribution in [0.5, 0.6) is 0 Å². The molecule has 2 aliphatic heterocycles. The van der Waals surface area contributed by atoms with Crippen molar-refractivity contribution in [3.63, 3.8) is 0 Å². The van der Waals surface area contributed by atoms with Gasteiger partial charge < -0.3 is 24.6 Å². The van der Waals surface area contributed by atoms with E-state index < -0.39 is 6.10 Å². The molecule has 1 amide bonds. The molecule has 110 valence electrons. The van der Waals surface area contributed by atoms with Gasteiger partial charge in [0.2, 0.25) is 5.91 Å². The highest BCUT2D eigenvalue weighted by Gasteiger charge is 2.30. The van der Waals surface area contributed by atoms with Crippen LogP contribution >= 0.6 is 0 Å². The maximum atomic E-state index is 11.9. The Morgan fingerprint density at radius 1 is 1.32 bits per heavy atom. The molecule has 6 nitrogen and oxygen atoms in total. The van der Waals surface area contributed by atoms with Crippen molar-refractivity contribution in [2.45, 2.75) is 50.0 Å². The lowest BCUT2D eigenvalue weighted by molar-refractivity contribution is -0.123. The zero-order valence-corrected chi connectivity index (χ0v) is 11.3. The van der Waals surface area contributed by atoms with E-state index in [9.17, 15) is 9.90 Å². The molecular weight excluding hydrogens is 250 g/mol. The molecule has 2 rings (SSSR count). The molecule has 0 saturated carbocycles. The van der Waals surface area contributed by atoms with Gasteiger partial charge in [-0.3, -0.25) is 4.79 Å². The van der Waals surface area contributed by atoms with Crippen LogP contribution in [-0.4, -0.2) is 62.3 Å². The first-order valence-corrected chi connectivity index (χ1v) is 6.90. The van der Waals surface area contributed by atoms with Gasteiger partial charge in [-0.1, -0.05) is 0 Å². The Hall–Kier alpha value is -0.690. The SMILES string of the molecule is COC[C@H]1OCCC1NC(=O)CC[C@H]1OCC[C@H]1O. The molecule has 2 fully saturated rings. The molecule has 4 atom stereocenters. The molecule has 0 bridgehead atoms. The summed E-state index contributed by atoms with van der Waals surface area (Å²) in [7, 11) is 1.62. The Morgan fingerprint density at radius 2 is 2.05 bits per heavy atom. The number of carbonyl (C=O) groups excluding carboxylic acids is 1. The van der Waals surface area contributed by atoms with Gasteiger partial charge in [-0.05, 0) is 19.3 Å². The second-order valence-corrected chi connectivity index (χ2v) is 5.13. The van der Waals surface area contributed by atoms with E-state index in [1.807, 2.05) is 0 Å². The zero-order chi connectivity index (χ0) is 13.7. The van der Waals surface area contributed by atoms with Gasteiger partial charge in [0.25, 0.3) is 0 Å². The van der Waals surface area contributed by atoms with Gasteiger partial charge in [0.1, 0.15) is 6.10 Å². The molecule has 0 aromatic carbocycles.